The van der Waals surface area contributed by atoms with E-state index in [0.29, 0.717) is 12.1 Å². The fourth-order valence-corrected chi connectivity index (χ4v) is 1.86. The predicted molar refractivity (Wildman–Crippen MR) is 72.9 cm³/mol. The van der Waals surface area contributed by atoms with Crippen molar-refractivity contribution in [3.8, 4) is 0 Å². The van der Waals surface area contributed by atoms with Crippen LogP contribution in [0.1, 0.15) is 34.5 Å². The number of benzene rings is 1. The summed E-state index contributed by atoms with van der Waals surface area (Å²) in [6, 6.07) is 8.02. The van der Waals surface area contributed by atoms with Crippen LogP contribution in [0.2, 0.25) is 0 Å². The van der Waals surface area contributed by atoms with Gasteiger partial charge in [-0.05, 0) is 36.2 Å². The number of aromatic carboxylic acids is 1. The minimum atomic E-state index is -1.26. The van der Waals surface area contributed by atoms with Crippen molar-refractivity contribution < 1.29 is 14.3 Å². The molecule has 0 spiro atoms. The molecule has 1 unspecified atom stereocenters. The average molecular weight is 274 g/mol. The van der Waals surface area contributed by atoms with Gasteiger partial charge in [0, 0.05) is 25.0 Å². The number of hydrogen-bond donors (Lipinski definition) is 2. The zero-order valence-corrected chi connectivity index (χ0v) is 11.0. The Morgan fingerprint density at radius 2 is 2.25 bits per heavy atom. The Bertz CT molecular complexity index is 602. The van der Waals surface area contributed by atoms with Gasteiger partial charge < -0.3 is 10.4 Å². The van der Waals surface area contributed by atoms with E-state index in [0.717, 1.165) is 5.56 Å². The molecule has 1 aromatic heterocycles. The van der Waals surface area contributed by atoms with Crippen LogP contribution in [0, 0.1) is 5.82 Å². The Morgan fingerprint density at radius 1 is 1.45 bits per heavy atom. The van der Waals surface area contributed by atoms with Crippen molar-refractivity contribution in [2.75, 3.05) is 0 Å². The minimum Gasteiger partial charge on any atom is -0.478 e. The third-order valence-electron chi connectivity index (χ3n) is 3.06. The van der Waals surface area contributed by atoms with Crippen LogP contribution in [0.25, 0.3) is 0 Å². The van der Waals surface area contributed by atoms with Crippen LogP contribution < -0.4 is 5.32 Å². The fourth-order valence-electron chi connectivity index (χ4n) is 1.86. The number of carboxylic acid groups (broad SMARTS) is 1. The molecule has 1 atom stereocenters. The van der Waals surface area contributed by atoms with Crippen LogP contribution in [0.4, 0.5) is 4.39 Å². The Morgan fingerprint density at radius 3 is 2.85 bits per heavy atom. The quantitative estimate of drug-likeness (QED) is 0.880. The first-order valence-corrected chi connectivity index (χ1v) is 6.23. The second kappa shape index (κ2) is 6.25. The second-order valence-electron chi connectivity index (χ2n) is 4.51. The standard InChI is InChI=1S/C15H15FN2O2/c1-10(12-3-2-6-17-9-12)18-8-11-4-5-13(15(19)20)14(16)7-11/h2-7,9-10,18H,8H2,1H3,(H,19,20). The molecule has 0 aliphatic rings. The summed E-state index contributed by atoms with van der Waals surface area (Å²) in [7, 11) is 0. The number of carbonyl (C=O) groups is 1. The highest BCUT2D eigenvalue weighted by Crippen LogP contribution is 2.13. The van der Waals surface area contributed by atoms with Crippen LogP contribution in [0.15, 0.2) is 42.7 Å². The molecular weight excluding hydrogens is 259 g/mol. The molecule has 1 heterocycles. The number of nitrogens with zero attached hydrogens (tertiary/aromatic N) is 1. The highest BCUT2D eigenvalue weighted by atomic mass is 19.1. The van der Waals surface area contributed by atoms with E-state index < -0.39 is 11.8 Å². The third kappa shape index (κ3) is 3.39. The first kappa shape index (κ1) is 14.1. The van der Waals surface area contributed by atoms with E-state index in [1.807, 2.05) is 19.1 Å². The lowest BCUT2D eigenvalue weighted by atomic mass is 10.1. The maximum atomic E-state index is 13.5. The van der Waals surface area contributed by atoms with Crippen molar-refractivity contribution in [2.45, 2.75) is 19.5 Å². The molecule has 0 fully saturated rings. The van der Waals surface area contributed by atoms with Crippen LogP contribution >= 0.6 is 0 Å². The largest absolute Gasteiger partial charge is 0.478 e. The van der Waals surface area contributed by atoms with Gasteiger partial charge in [-0.3, -0.25) is 4.98 Å². The van der Waals surface area contributed by atoms with Gasteiger partial charge in [0.05, 0.1) is 5.56 Å². The smallest absolute Gasteiger partial charge is 0.338 e. The van der Waals surface area contributed by atoms with E-state index in [-0.39, 0.29) is 11.6 Å². The lowest BCUT2D eigenvalue weighted by Gasteiger charge is -2.14. The first-order valence-electron chi connectivity index (χ1n) is 6.23. The molecule has 0 aliphatic heterocycles. The monoisotopic (exact) mass is 274 g/mol. The van der Waals surface area contributed by atoms with Crippen molar-refractivity contribution in [1.82, 2.24) is 10.3 Å². The van der Waals surface area contributed by atoms with E-state index in [9.17, 15) is 9.18 Å². The van der Waals surface area contributed by atoms with Gasteiger partial charge in [-0.15, -0.1) is 0 Å². The average Bonchev–Trinajstić information content (AvgIpc) is 2.45. The molecule has 20 heavy (non-hydrogen) atoms. The molecule has 2 aromatic rings. The third-order valence-corrected chi connectivity index (χ3v) is 3.06. The lowest BCUT2D eigenvalue weighted by molar-refractivity contribution is 0.0692. The summed E-state index contributed by atoms with van der Waals surface area (Å²) in [5.41, 5.74) is 1.42. The number of pyridine rings is 1. The zero-order valence-electron chi connectivity index (χ0n) is 11.0. The molecule has 4 nitrogen and oxygen atoms in total. The van der Waals surface area contributed by atoms with Gasteiger partial charge in [-0.1, -0.05) is 12.1 Å². The summed E-state index contributed by atoms with van der Waals surface area (Å²) in [6.45, 7) is 2.44. The van der Waals surface area contributed by atoms with Crippen molar-refractivity contribution in [1.29, 1.82) is 0 Å². The lowest BCUT2D eigenvalue weighted by Crippen LogP contribution is -2.18. The van der Waals surface area contributed by atoms with E-state index in [1.54, 1.807) is 18.5 Å². The summed E-state index contributed by atoms with van der Waals surface area (Å²) < 4.78 is 13.5. The number of halogens is 1. The Kier molecular flexibility index (Phi) is 4.42. The molecule has 0 aliphatic carbocycles. The summed E-state index contributed by atoms with van der Waals surface area (Å²) in [5.74, 6) is -1.98. The minimum absolute atomic E-state index is 0.0749. The number of hydrogen-bond acceptors (Lipinski definition) is 3. The SMILES string of the molecule is CC(NCc1ccc(C(=O)O)c(F)c1)c1cccnc1. The van der Waals surface area contributed by atoms with Crippen molar-refractivity contribution in [3.05, 3.63) is 65.2 Å². The Hall–Kier alpha value is -2.27. The zero-order chi connectivity index (χ0) is 14.5. The predicted octanol–water partition coefficient (Wildman–Crippen LogP) is 2.77. The molecular formula is C15H15FN2O2. The molecule has 0 bridgehead atoms. The van der Waals surface area contributed by atoms with E-state index >= 15 is 0 Å². The van der Waals surface area contributed by atoms with Gasteiger partial charge >= 0.3 is 5.97 Å². The maximum Gasteiger partial charge on any atom is 0.338 e. The highest BCUT2D eigenvalue weighted by molar-refractivity contribution is 5.87. The Labute approximate surface area is 116 Å². The van der Waals surface area contributed by atoms with Crippen molar-refractivity contribution in [3.63, 3.8) is 0 Å². The first-order chi connectivity index (χ1) is 9.58. The van der Waals surface area contributed by atoms with Crippen LogP contribution in [-0.4, -0.2) is 16.1 Å². The second-order valence-corrected chi connectivity index (χ2v) is 4.51. The molecule has 1 aromatic carbocycles. The van der Waals surface area contributed by atoms with Crippen LogP contribution in [0.3, 0.4) is 0 Å². The van der Waals surface area contributed by atoms with E-state index in [2.05, 4.69) is 10.3 Å². The van der Waals surface area contributed by atoms with Crippen molar-refractivity contribution >= 4 is 5.97 Å². The molecule has 2 rings (SSSR count). The summed E-state index contributed by atoms with van der Waals surface area (Å²) in [4.78, 5) is 14.8. The van der Waals surface area contributed by atoms with Gasteiger partial charge in [0.15, 0.2) is 0 Å². The molecule has 0 saturated carbocycles. The molecule has 2 N–H and O–H groups in total. The normalized spacial score (nSPS) is 12.1. The Balaban J connectivity index is 2.01. The highest BCUT2D eigenvalue weighted by Gasteiger charge is 2.11. The maximum absolute atomic E-state index is 13.5. The molecule has 0 amide bonds. The van der Waals surface area contributed by atoms with Crippen molar-refractivity contribution in [2.24, 2.45) is 0 Å². The van der Waals surface area contributed by atoms with Gasteiger partial charge in [-0.25, -0.2) is 9.18 Å². The van der Waals surface area contributed by atoms with E-state index in [1.165, 1.54) is 12.1 Å². The number of carboxylic acids is 1. The van der Waals surface area contributed by atoms with Gasteiger partial charge in [0.25, 0.3) is 0 Å². The van der Waals surface area contributed by atoms with E-state index in [4.69, 9.17) is 5.11 Å². The summed E-state index contributed by atoms with van der Waals surface area (Å²) in [6.07, 6.45) is 3.47. The van der Waals surface area contributed by atoms with Gasteiger partial charge in [0.2, 0.25) is 0 Å². The topological polar surface area (TPSA) is 62.2 Å². The number of nitrogens with one attached hydrogen (secondary N) is 1. The number of aromatic nitrogens is 1. The number of rotatable bonds is 5. The molecule has 0 radical (unpaired) electrons. The summed E-state index contributed by atoms with van der Waals surface area (Å²) in [5, 5.41) is 12.0. The van der Waals surface area contributed by atoms with Crippen LogP contribution in [0.5, 0.6) is 0 Å². The molecule has 0 saturated heterocycles. The van der Waals surface area contributed by atoms with Gasteiger partial charge in [0.1, 0.15) is 5.82 Å². The fraction of sp³-hybridized carbons (Fsp3) is 0.200. The van der Waals surface area contributed by atoms with Gasteiger partial charge in [-0.2, -0.15) is 0 Å². The molecule has 5 heteroatoms. The van der Waals surface area contributed by atoms with Crippen LogP contribution in [-0.2, 0) is 6.54 Å². The molecule has 104 valence electrons. The summed E-state index contributed by atoms with van der Waals surface area (Å²) >= 11 is 0.